The zero-order valence-corrected chi connectivity index (χ0v) is 14.7. The lowest BCUT2D eigenvalue weighted by molar-refractivity contribution is 0.145. The SMILES string of the molecule is Cl.N[C@H](c1cc(Br)ccc1Br)[C@@H](O)Cc1ccccc1. The first-order valence-electron chi connectivity index (χ1n) is 6.00. The second-order valence-corrected chi connectivity index (χ2v) is 6.22. The van der Waals surface area contributed by atoms with Crippen molar-refractivity contribution < 1.29 is 5.11 Å². The number of benzene rings is 2. The van der Waals surface area contributed by atoms with Crippen LogP contribution in [0.25, 0.3) is 0 Å². The molecule has 20 heavy (non-hydrogen) atoms. The normalized spacial score (nSPS) is 13.4. The molecule has 0 unspecified atom stereocenters. The summed E-state index contributed by atoms with van der Waals surface area (Å²) in [4.78, 5) is 0. The Morgan fingerprint density at radius 3 is 2.35 bits per heavy atom. The number of halogens is 3. The van der Waals surface area contributed by atoms with E-state index < -0.39 is 12.1 Å². The molecule has 0 spiro atoms. The Hall–Kier alpha value is -0.390. The Bertz CT molecular complexity index is 551. The van der Waals surface area contributed by atoms with Crippen LogP contribution in [0, 0.1) is 0 Å². The average Bonchev–Trinajstić information content (AvgIpc) is 2.42. The summed E-state index contributed by atoms with van der Waals surface area (Å²) in [7, 11) is 0. The van der Waals surface area contributed by atoms with E-state index in [9.17, 15) is 5.11 Å². The fourth-order valence-corrected chi connectivity index (χ4v) is 2.85. The summed E-state index contributed by atoms with van der Waals surface area (Å²) in [6, 6.07) is 15.2. The van der Waals surface area contributed by atoms with Crippen LogP contribution in [-0.2, 0) is 6.42 Å². The largest absolute Gasteiger partial charge is 0.391 e. The quantitative estimate of drug-likeness (QED) is 0.776. The van der Waals surface area contributed by atoms with Crippen LogP contribution in [0.3, 0.4) is 0 Å². The number of hydrogen-bond donors (Lipinski definition) is 2. The minimum atomic E-state index is -0.618. The molecule has 0 saturated carbocycles. The van der Waals surface area contributed by atoms with Crippen LogP contribution in [-0.4, -0.2) is 11.2 Å². The van der Waals surface area contributed by atoms with Crippen LogP contribution in [0.2, 0.25) is 0 Å². The molecule has 0 bridgehead atoms. The predicted octanol–water partition coefficient (Wildman–Crippen LogP) is 4.24. The number of nitrogens with two attached hydrogens (primary N) is 1. The fourth-order valence-electron chi connectivity index (χ4n) is 1.96. The zero-order chi connectivity index (χ0) is 13.8. The summed E-state index contributed by atoms with van der Waals surface area (Å²) < 4.78 is 1.86. The van der Waals surface area contributed by atoms with E-state index in [-0.39, 0.29) is 12.4 Å². The van der Waals surface area contributed by atoms with Crippen molar-refractivity contribution in [2.75, 3.05) is 0 Å². The van der Waals surface area contributed by atoms with Crippen LogP contribution in [0.4, 0.5) is 0 Å². The highest BCUT2D eigenvalue weighted by atomic mass is 79.9. The van der Waals surface area contributed by atoms with Gasteiger partial charge in [-0.2, -0.15) is 0 Å². The first kappa shape index (κ1) is 17.7. The Balaban J connectivity index is 0.00000200. The summed E-state index contributed by atoms with van der Waals surface area (Å²) in [6.07, 6.45) is -0.0750. The fraction of sp³-hybridized carbons (Fsp3) is 0.200. The van der Waals surface area contributed by atoms with Crippen LogP contribution >= 0.6 is 44.3 Å². The Kier molecular flexibility index (Phi) is 7.20. The van der Waals surface area contributed by atoms with Crippen molar-refractivity contribution in [3.05, 3.63) is 68.6 Å². The Morgan fingerprint density at radius 1 is 1.05 bits per heavy atom. The summed E-state index contributed by atoms with van der Waals surface area (Å²) >= 11 is 6.90. The van der Waals surface area contributed by atoms with E-state index in [0.29, 0.717) is 6.42 Å². The van der Waals surface area contributed by atoms with Gasteiger partial charge < -0.3 is 10.8 Å². The van der Waals surface area contributed by atoms with Gasteiger partial charge in [0, 0.05) is 15.4 Å². The van der Waals surface area contributed by atoms with Crippen LogP contribution in [0.15, 0.2) is 57.5 Å². The number of aliphatic hydroxyl groups excluding tert-OH is 1. The van der Waals surface area contributed by atoms with Crippen molar-refractivity contribution in [3.63, 3.8) is 0 Å². The molecule has 0 saturated heterocycles. The Labute approximate surface area is 142 Å². The lowest BCUT2D eigenvalue weighted by atomic mass is 9.97. The van der Waals surface area contributed by atoms with E-state index in [1.165, 1.54) is 0 Å². The first-order valence-corrected chi connectivity index (χ1v) is 7.59. The molecular weight excluding hydrogens is 405 g/mol. The van der Waals surface area contributed by atoms with Gasteiger partial charge in [-0.15, -0.1) is 12.4 Å². The third-order valence-electron chi connectivity index (χ3n) is 3.02. The lowest BCUT2D eigenvalue weighted by Gasteiger charge is -2.20. The maximum Gasteiger partial charge on any atom is 0.0773 e. The van der Waals surface area contributed by atoms with Crippen molar-refractivity contribution in [1.29, 1.82) is 0 Å². The van der Waals surface area contributed by atoms with Gasteiger partial charge in [0.1, 0.15) is 0 Å². The van der Waals surface area contributed by atoms with Crippen molar-refractivity contribution in [1.82, 2.24) is 0 Å². The van der Waals surface area contributed by atoms with Gasteiger partial charge in [0.15, 0.2) is 0 Å². The third-order valence-corrected chi connectivity index (χ3v) is 4.23. The van der Waals surface area contributed by atoms with Crippen LogP contribution in [0.1, 0.15) is 17.2 Å². The molecule has 3 N–H and O–H groups in total. The molecule has 2 aromatic rings. The topological polar surface area (TPSA) is 46.2 Å². The molecule has 2 nitrogen and oxygen atoms in total. The molecule has 0 heterocycles. The molecule has 0 amide bonds. The van der Waals surface area contributed by atoms with E-state index in [0.717, 1.165) is 20.1 Å². The number of hydrogen-bond acceptors (Lipinski definition) is 2. The van der Waals surface area contributed by atoms with Crippen molar-refractivity contribution >= 4 is 44.3 Å². The average molecular weight is 422 g/mol. The number of rotatable bonds is 4. The third kappa shape index (κ3) is 4.57. The number of aliphatic hydroxyl groups is 1. The second kappa shape index (κ2) is 8.15. The summed E-state index contributed by atoms with van der Waals surface area (Å²) in [5.74, 6) is 0. The van der Waals surface area contributed by atoms with E-state index >= 15 is 0 Å². The monoisotopic (exact) mass is 419 g/mol. The molecule has 0 aliphatic rings. The smallest absolute Gasteiger partial charge is 0.0773 e. The van der Waals surface area contributed by atoms with E-state index in [4.69, 9.17) is 5.73 Å². The van der Waals surface area contributed by atoms with E-state index in [1.54, 1.807) is 0 Å². The molecule has 5 heteroatoms. The maximum atomic E-state index is 10.3. The molecule has 0 radical (unpaired) electrons. The zero-order valence-electron chi connectivity index (χ0n) is 10.7. The van der Waals surface area contributed by atoms with Gasteiger partial charge in [0.25, 0.3) is 0 Å². The highest BCUT2D eigenvalue weighted by molar-refractivity contribution is 9.11. The molecule has 2 atom stereocenters. The molecular formula is C15H16Br2ClNO. The lowest BCUT2D eigenvalue weighted by Crippen LogP contribution is -2.28. The van der Waals surface area contributed by atoms with E-state index in [1.807, 2.05) is 48.5 Å². The van der Waals surface area contributed by atoms with Gasteiger partial charge in [0.05, 0.1) is 12.1 Å². The molecule has 0 aromatic heterocycles. The summed E-state index contributed by atoms with van der Waals surface area (Å²) in [5.41, 5.74) is 8.14. The van der Waals surface area contributed by atoms with Gasteiger partial charge in [-0.1, -0.05) is 62.2 Å². The predicted molar refractivity (Wildman–Crippen MR) is 92.2 cm³/mol. The molecule has 0 fully saturated rings. The van der Waals surface area contributed by atoms with E-state index in [2.05, 4.69) is 31.9 Å². The Morgan fingerprint density at radius 2 is 1.70 bits per heavy atom. The molecule has 0 aliphatic heterocycles. The minimum Gasteiger partial charge on any atom is -0.391 e. The highest BCUT2D eigenvalue weighted by Gasteiger charge is 2.19. The molecule has 0 aliphatic carbocycles. The standard InChI is InChI=1S/C15H15Br2NO.ClH/c16-11-6-7-13(17)12(9-11)15(18)14(19)8-10-4-2-1-3-5-10;/h1-7,9,14-15,19H,8,18H2;1H/t14-,15+;/m0./s1. The van der Waals surface area contributed by atoms with Gasteiger partial charge in [-0.25, -0.2) is 0 Å². The van der Waals surface area contributed by atoms with Gasteiger partial charge in [-0.3, -0.25) is 0 Å². The molecule has 108 valence electrons. The summed E-state index contributed by atoms with van der Waals surface area (Å²) in [6.45, 7) is 0. The van der Waals surface area contributed by atoms with Crippen molar-refractivity contribution in [2.45, 2.75) is 18.6 Å². The van der Waals surface area contributed by atoms with Crippen LogP contribution in [0.5, 0.6) is 0 Å². The van der Waals surface area contributed by atoms with Crippen LogP contribution < -0.4 is 5.73 Å². The van der Waals surface area contributed by atoms with Gasteiger partial charge in [-0.05, 0) is 29.3 Å². The van der Waals surface area contributed by atoms with Crippen molar-refractivity contribution in [2.24, 2.45) is 5.73 Å². The first-order chi connectivity index (χ1) is 9.08. The highest BCUT2D eigenvalue weighted by Crippen LogP contribution is 2.28. The summed E-state index contributed by atoms with van der Waals surface area (Å²) in [5, 5.41) is 10.3. The second-order valence-electron chi connectivity index (χ2n) is 4.45. The maximum absolute atomic E-state index is 10.3. The minimum absolute atomic E-state index is 0. The molecule has 2 aromatic carbocycles. The molecule has 2 rings (SSSR count). The van der Waals surface area contributed by atoms with Gasteiger partial charge in [0.2, 0.25) is 0 Å². The van der Waals surface area contributed by atoms with Gasteiger partial charge >= 0.3 is 0 Å². The van der Waals surface area contributed by atoms with Crippen molar-refractivity contribution in [3.8, 4) is 0 Å².